The number of benzene rings is 1. The SMILES string of the molecule is CCCOCCCNC(=S)Nc1cc(OCC)c(Cl)cc1OCC. The molecule has 0 aliphatic rings. The van der Waals surface area contributed by atoms with E-state index in [-0.39, 0.29) is 0 Å². The largest absolute Gasteiger partial charge is 0.492 e. The topological polar surface area (TPSA) is 51.8 Å². The number of thiocarbonyl (C=S) groups is 1. The fourth-order valence-electron chi connectivity index (χ4n) is 1.96. The highest BCUT2D eigenvalue weighted by atomic mass is 35.5. The maximum absolute atomic E-state index is 6.20. The molecule has 2 N–H and O–H groups in total. The first kappa shape index (κ1) is 20.8. The molecule has 0 fully saturated rings. The molecule has 0 heterocycles. The normalized spacial score (nSPS) is 10.3. The molecule has 1 rings (SSSR count). The van der Waals surface area contributed by atoms with Crippen LogP contribution < -0.4 is 20.1 Å². The molecule has 1 aromatic carbocycles. The number of ether oxygens (including phenoxy) is 3. The highest BCUT2D eigenvalue weighted by Crippen LogP contribution is 2.36. The quantitative estimate of drug-likeness (QED) is 0.446. The summed E-state index contributed by atoms with van der Waals surface area (Å²) in [5.41, 5.74) is 0.726. The summed E-state index contributed by atoms with van der Waals surface area (Å²) in [6.45, 7) is 9.25. The van der Waals surface area contributed by atoms with Gasteiger partial charge in [0.2, 0.25) is 0 Å². The van der Waals surface area contributed by atoms with Crippen LogP contribution in [-0.2, 0) is 4.74 Å². The van der Waals surface area contributed by atoms with Crippen molar-refractivity contribution in [3.8, 4) is 11.5 Å². The van der Waals surface area contributed by atoms with Gasteiger partial charge in [0, 0.05) is 31.9 Å². The standard InChI is InChI=1S/C17H27ClN2O3S/c1-4-9-21-10-7-8-19-17(24)20-14-12-15(22-5-2)13(18)11-16(14)23-6-3/h11-12H,4-10H2,1-3H3,(H2,19,20,24). The second-order valence-corrected chi connectivity index (χ2v) is 5.81. The summed E-state index contributed by atoms with van der Waals surface area (Å²) in [7, 11) is 0. The molecular weight excluding hydrogens is 348 g/mol. The average molecular weight is 375 g/mol. The van der Waals surface area contributed by atoms with Crippen molar-refractivity contribution in [1.82, 2.24) is 5.32 Å². The second-order valence-electron chi connectivity index (χ2n) is 4.99. The third kappa shape index (κ3) is 7.55. The maximum atomic E-state index is 6.20. The van der Waals surface area contributed by atoms with E-state index in [0.717, 1.165) is 38.3 Å². The lowest BCUT2D eigenvalue weighted by atomic mass is 10.2. The number of halogens is 1. The molecule has 0 bridgehead atoms. The zero-order valence-electron chi connectivity index (χ0n) is 14.6. The van der Waals surface area contributed by atoms with E-state index in [2.05, 4.69) is 17.6 Å². The zero-order chi connectivity index (χ0) is 17.8. The third-order valence-electron chi connectivity index (χ3n) is 2.98. The van der Waals surface area contributed by atoms with Gasteiger partial charge in [-0.3, -0.25) is 0 Å². The lowest BCUT2D eigenvalue weighted by Crippen LogP contribution is -2.30. The van der Waals surface area contributed by atoms with Crippen LogP contribution in [0.3, 0.4) is 0 Å². The lowest BCUT2D eigenvalue weighted by molar-refractivity contribution is 0.133. The summed E-state index contributed by atoms with van der Waals surface area (Å²) >= 11 is 11.5. The maximum Gasteiger partial charge on any atom is 0.170 e. The Hall–Kier alpha value is -1.24. The van der Waals surface area contributed by atoms with Crippen molar-refractivity contribution in [2.45, 2.75) is 33.6 Å². The monoisotopic (exact) mass is 374 g/mol. The molecule has 0 amide bonds. The van der Waals surface area contributed by atoms with Gasteiger partial charge >= 0.3 is 0 Å². The van der Waals surface area contributed by atoms with Crippen LogP contribution in [0.2, 0.25) is 5.02 Å². The smallest absolute Gasteiger partial charge is 0.170 e. The molecule has 24 heavy (non-hydrogen) atoms. The van der Waals surface area contributed by atoms with E-state index in [1.165, 1.54) is 0 Å². The minimum atomic E-state index is 0.512. The number of rotatable bonds is 11. The van der Waals surface area contributed by atoms with Gasteiger partial charge in [-0.25, -0.2) is 0 Å². The molecule has 7 heteroatoms. The second kappa shape index (κ2) is 12.2. The minimum absolute atomic E-state index is 0.512. The molecule has 136 valence electrons. The molecule has 0 unspecified atom stereocenters. The van der Waals surface area contributed by atoms with E-state index in [9.17, 15) is 0 Å². The van der Waals surface area contributed by atoms with Gasteiger partial charge in [0.25, 0.3) is 0 Å². The Morgan fingerprint density at radius 1 is 1.08 bits per heavy atom. The van der Waals surface area contributed by atoms with Gasteiger partial charge in [-0.1, -0.05) is 18.5 Å². The Kier molecular flexibility index (Phi) is 10.5. The first-order valence-corrected chi connectivity index (χ1v) is 9.12. The summed E-state index contributed by atoms with van der Waals surface area (Å²) in [5.74, 6) is 1.24. The Morgan fingerprint density at radius 3 is 2.46 bits per heavy atom. The Morgan fingerprint density at radius 2 is 1.79 bits per heavy atom. The molecule has 0 saturated heterocycles. The molecule has 0 atom stereocenters. The molecule has 5 nitrogen and oxygen atoms in total. The molecule has 1 aromatic rings. The van der Waals surface area contributed by atoms with Crippen molar-refractivity contribution < 1.29 is 14.2 Å². The highest BCUT2D eigenvalue weighted by molar-refractivity contribution is 7.80. The molecule has 0 saturated carbocycles. The summed E-state index contributed by atoms with van der Waals surface area (Å²) in [6.07, 6.45) is 1.93. The number of nitrogens with one attached hydrogen (secondary N) is 2. The van der Waals surface area contributed by atoms with Crippen LogP contribution in [0.15, 0.2) is 12.1 Å². The van der Waals surface area contributed by atoms with Gasteiger partial charge in [-0.2, -0.15) is 0 Å². The first-order chi connectivity index (χ1) is 11.6. The summed E-state index contributed by atoms with van der Waals surface area (Å²) in [6, 6.07) is 3.54. The van der Waals surface area contributed by atoms with E-state index in [1.54, 1.807) is 12.1 Å². The van der Waals surface area contributed by atoms with E-state index >= 15 is 0 Å². The highest BCUT2D eigenvalue weighted by Gasteiger charge is 2.12. The molecular formula is C17H27ClN2O3S. The van der Waals surface area contributed by atoms with Crippen LogP contribution in [-0.4, -0.2) is 38.1 Å². The van der Waals surface area contributed by atoms with Crippen molar-refractivity contribution >= 4 is 34.6 Å². The number of hydrogen-bond acceptors (Lipinski definition) is 4. The Labute approximate surface area is 155 Å². The van der Waals surface area contributed by atoms with Crippen molar-refractivity contribution in [1.29, 1.82) is 0 Å². The van der Waals surface area contributed by atoms with E-state index < -0.39 is 0 Å². The minimum Gasteiger partial charge on any atom is -0.492 e. The fraction of sp³-hybridized carbons (Fsp3) is 0.588. The zero-order valence-corrected chi connectivity index (χ0v) is 16.2. The first-order valence-electron chi connectivity index (χ1n) is 8.34. The predicted octanol–water partition coefficient (Wildman–Crippen LogP) is 4.24. The predicted molar refractivity (Wildman–Crippen MR) is 104 cm³/mol. The Bertz CT molecular complexity index is 515. The van der Waals surface area contributed by atoms with Crippen molar-refractivity contribution in [3.63, 3.8) is 0 Å². The van der Waals surface area contributed by atoms with E-state index in [4.69, 9.17) is 38.0 Å². The van der Waals surface area contributed by atoms with E-state index in [0.29, 0.717) is 34.8 Å². The van der Waals surface area contributed by atoms with Crippen molar-refractivity contribution in [3.05, 3.63) is 17.2 Å². The summed E-state index contributed by atoms with van der Waals surface area (Å²) in [4.78, 5) is 0. The number of hydrogen-bond donors (Lipinski definition) is 2. The summed E-state index contributed by atoms with van der Waals surface area (Å²) < 4.78 is 16.6. The summed E-state index contributed by atoms with van der Waals surface area (Å²) in [5, 5.41) is 7.33. The van der Waals surface area contributed by atoms with Gasteiger partial charge in [-0.15, -0.1) is 0 Å². The molecule has 0 radical (unpaired) electrons. The average Bonchev–Trinajstić information content (AvgIpc) is 2.55. The van der Waals surface area contributed by atoms with Crippen LogP contribution in [0, 0.1) is 0 Å². The number of anilines is 1. The van der Waals surface area contributed by atoms with Crippen LogP contribution in [0.5, 0.6) is 11.5 Å². The van der Waals surface area contributed by atoms with Gasteiger partial charge < -0.3 is 24.8 Å². The van der Waals surface area contributed by atoms with E-state index in [1.807, 2.05) is 13.8 Å². The van der Waals surface area contributed by atoms with Crippen LogP contribution in [0.25, 0.3) is 0 Å². The molecule has 0 aliphatic heterocycles. The fourth-order valence-corrected chi connectivity index (χ4v) is 2.38. The van der Waals surface area contributed by atoms with Crippen LogP contribution in [0.4, 0.5) is 5.69 Å². The van der Waals surface area contributed by atoms with Crippen LogP contribution in [0.1, 0.15) is 33.6 Å². The van der Waals surface area contributed by atoms with Crippen LogP contribution >= 0.6 is 23.8 Å². The van der Waals surface area contributed by atoms with Gasteiger partial charge in [-0.05, 0) is 38.9 Å². The molecule has 0 aliphatic carbocycles. The van der Waals surface area contributed by atoms with Crippen molar-refractivity contribution in [2.24, 2.45) is 0 Å². The lowest BCUT2D eigenvalue weighted by Gasteiger charge is -2.16. The molecule has 0 aromatic heterocycles. The van der Waals surface area contributed by atoms with Gasteiger partial charge in [0.1, 0.15) is 11.5 Å². The molecule has 0 spiro atoms. The Balaban J connectivity index is 2.60. The van der Waals surface area contributed by atoms with Gasteiger partial charge in [0.15, 0.2) is 5.11 Å². The third-order valence-corrected chi connectivity index (χ3v) is 3.52. The van der Waals surface area contributed by atoms with Gasteiger partial charge in [0.05, 0.1) is 23.9 Å². The van der Waals surface area contributed by atoms with Crippen molar-refractivity contribution in [2.75, 3.05) is 38.3 Å².